The van der Waals surface area contributed by atoms with Gasteiger partial charge in [-0.1, -0.05) is 96.0 Å². The number of ketones is 1. The number of hydroxylamine groups is 1. The number of Topliss-reactive ketones (excluding diaryl/α,β-unsaturated/α-hetero) is 1. The number of likely N-dealkylation sites (tertiary alicyclic amines) is 1. The van der Waals surface area contributed by atoms with E-state index in [-0.39, 0.29) is 166 Å². The van der Waals surface area contributed by atoms with Crippen LogP contribution in [0.15, 0.2) is 48.1 Å². The summed E-state index contributed by atoms with van der Waals surface area (Å²) >= 11 is 2.60. The van der Waals surface area contributed by atoms with Crippen molar-refractivity contribution >= 4 is 142 Å². The summed E-state index contributed by atoms with van der Waals surface area (Å²) < 4.78 is 104. The molecule has 51 heteroatoms. The first-order valence-corrected chi connectivity index (χ1v) is 52.7. The van der Waals surface area contributed by atoms with Gasteiger partial charge in [0.05, 0.1) is 96.6 Å². The van der Waals surface area contributed by atoms with Crippen molar-refractivity contribution in [1.82, 2.24) is 47.2 Å². The molecule has 802 valence electrons. The fourth-order valence-electron chi connectivity index (χ4n) is 17.0. The number of carboxylic acid groups (broad SMARTS) is 1. The van der Waals surface area contributed by atoms with Crippen molar-refractivity contribution in [3.63, 3.8) is 0 Å². The molecule has 18 N–H and O–H groups in total. The Morgan fingerprint density at radius 3 is 2.17 bits per heavy atom. The Morgan fingerprint density at radius 1 is 0.847 bits per heavy atom. The minimum atomic E-state index is -4.37. The number of methoxy groups -OCH3 is 5. The zero-order valence-corrected chi connectivity index (χ0v) is 87.9. The van der Waals surface area contributed by atoms with Gasteiger partial charge in [-0.15, -0.1) is 0 Å². The van der Waals surface area contributed by atoms with E-state index in [4.69, 9.17) is 67.4 Å². The Kier molecular flexibility index (Phi) is 47.5. The third kappa shape index (κ3) is 34.5. The van der Waals surface area contributed by atoms with E-state index in [1.165, 1.54) is 103 Å². The van der Waals surface area contributed by atoms with Crippen molar-refractivity contribution in [2.75, 3.05) is 98.2 Å². The number of urea groups is 1. The van der Waals surface area contributed by atoms with Gasteiger partial charge in [0, 0.05) is 114 Å². The number of likely N-dealkylation sites (N-methyl/N-ethyl adjacent to an activating group) is 1. The van der Waals surface area contributed by atoms with Crippen molar-refractivity contribution in [2.24, 2.45) is 23.5 Å². The number of carboxylic acids is 1. The van der Waals surface area contributed by atoms with Crippen molar-refractivity contribution in [1.29, 1.82) is 0 Å². The topological polar surface area (TPSA) is 650 Å². The molecular weight excluding hydrogens is 2090 g/mol. The number of aliphatic carboxylic acids is 1. The number of fused-ring (bicyclic) bond motifs is 2. The molecule has 4 aliphatic heterocycles. The van der Waals surface area contributed by atoms with Crippen LogP contribution in [0.5, 0.6) is 17.2 Å². The number of primary amides is 1. The number of nitrogens with zero attached hydrogens (tertiary/aromatic N) is 2. The summed E-state index contributed by atoms with van der Waals surface area (Å²) in [7, 11) is 4.33. The molecular formula is C93H134IN11O35S4. The number of benzene rings is 2. The third-order valence-corrected chi connectivity index (χ3v) is 31.3. The molecule has 4 heterocycles. The van der Waals surface area contributed by atoms with Gasteiger partial charge in [-0.25, -0.2) is 14.4 Å². The number of hydrogen-bond acceptors (Lipinski definition) is 37. The molecule has 18 unspecified atom stereocenters. The van der Waals surface area contributed by atoms with Crippen LogP contribution in [0, 0.1) is 51.9 Å². The highest BCUT2D eigenvalue weighted by molar-refractivity contribution is 14.1. The Morgan fingerprint density at radius 2 is 1.54 bits per heavy atom. The third-order valence-electron chi connectivity index (χ3n) is 24.7. The molecule has 2 bridgehead atoms. The molecule has 2 aromatic rings. The van der Waals surface area contributed by atoms with Crippen molar-refractivity contribution < 1.29 is 168 Å². The van der Waals surface area contributed by atoms with Crippen molar-refractivity contribution in [3.05, 3.63) is 68.3 Å². The molecule has 144 heavy (non-hydrogen) atoms. The second-order valence-corrected chi connectivity index (χ2v) is 42.7. The van der Waals surface area contributed by atoms with Gasteiger partial charge in [-0.2, -0.15) is 13.9 Å². The first-order chi connectivity index (χ1) is 68.1. The fraction of sp³-hybridized carbons (Fsp3) is 0.656. The Labute approximate surface area is 860 Å². The number of carbonyl (C=O) groups excluding carboxylic acids is 11. The Balaban J connectivity index is 0.984. The number of thioether (sulfide) groups is 1. The Hall–Kier alpha value is -9.03. The van der Waals surface area contributed by atoms with Gasteiger partial charge in [-0.05, 0) is 143 Å². The number of anilines is 1. The lowest BCUT2D eigenvalue weighted by Gasteiger charge is -2.48. The molecule has 0 aromatic heterocycles. The second kappa shape index (κ2) is 56.9. The number of hydrogen-bond donors (Lipinski definition) is 17. The predicted molar refractivity (Wildman–Crippen MR) is 530 cm³/mol. The number of carbonyl (C=O) groups is 12. The van der Waals surface area contributed by atoms with Crippen LogP contribution >= 0.6 is 55.9 Å². The molecule has 0 spiro atoms. The predicted octanol–water partition coefficient (Wildman–Crippen LogP) is 2.48. The maximum Gasteiger partial charge on any atom is 0.407 e. The lowest BCUT2D eigenvalue weighted by molar-refractivity contribution is -0.340. The van der Waals surface area contributed by atoms with E-state index in [9.17, 15) is 106 Å². The van der Waals surface area contributed by atoms with Crippen LogP contribution in [0.25, 0.3) is 0 Å². The number of aliphatic hydroxyl groups is 6. The quantitative estimate of drug-likeness (QED) is 0.00661. The van der Waals surface area contributed by atoms with Gasteiger partial charge < -0.3 is 145 Å². The number of piperidine rings is 1. The first-order valence-electron chi connectivity index (χ1n) is 46.8. The van der Waals surface area contributed by atoms with Crippen LogP contribution in [-0.2, 0) is 103 Å². The zero-order valence-electron chi connectivity index (χ0n) is 82.5. The van der Waals surface area contributed by atoms with Crippen molar-refractivity contribution in [2.45, 2.75) is 278 Å². The average Bonchev–Trinajstić information content (AvgIpc) is 0.845. The molecule has 8 rings (SSSR count). The molecule has 1 saturated carbocycles. The number of aliphatic hydroxyl groups excluding tert-OH is 5. The highest BCUT2D eigenvalue weighted by Crippen LogP contribution is 2.50. The van der Waals surface area contributed by atoms with Crippen LogP contribution in [0.4, 0.5) is 20.1 Å². The van der Waals surface area contributed by atoms with Crippen LogP contribution in [0.2, 0.25) is 0 Å². The van der Waals surface area contributed by atoms with Gasteiger partial charge in [0.1, 0.15) is 67.4 Å². The Bertz CT molecular complexity index is 5070. The highest BCUT2D eigenvalue weighted by atomic mass is 127. The maximum atomic E-state index is 14.8. The van der Waals surface area contributed by atoms with Gasteiger partial charge in [-0.3, -0.25) is 52.5 Å². The van der Waals surface area contributed by atoms with Gasteiger partial charge in [0.25, 0.3) is 10.1 Å². The summed E-state index contributed by atoms with van der Waals surface area (Å²) in [5, 5.41) is 96.5. The number of halogens is 1. The number of allylic oxidation sites excluding steroid dienone is 2. The van der Waals surface area contributed by atoms with Gasteiger partial charge >= 0.3 is 24.2 Å². The molecule has 2 aliphatic carbocycles. The summed E-state index contributed by atoms with van der Waals surface area (Å²) in [6, 6.07) is -0.890. The highest BCUT2D eigenvalue weighted by Gasteiger charge is 2.56. The SMILES string of the molecule is CCC(O)C(OC)C(O)C(O)Oc1c(I)c(C)c(C(=O)SC2C(O)CC(ONC3C(C)OC(O[C@H]4C#C/C=C\C#CC[C@]5(O)CC(=O)C(NC(=O)OC)C4/C5=C\CSSC(C)(C)CC(=O)NCCS(=O)(=O)O)C(OC4CC(OC)C(N(CC)C(=O)CNC(=O)OCc5ccc(NC(=O)[C@H](CCCNC(N)=O)NC(=O)[C@@H](NC(=O)CCC(=O)N6CCC(C(=O)O)CC6)C(C)C)cc5)CO4)C3O)OC2C)c(OC)c1OC. The lowest BCUT2D eigenvalue weighted by atomic mass is 9.67. The van der Waals surface area contributed by atoms with E-state index < -0.39 is 243 Å². The minimum absolute atomic E-state index is 0.00219. The average molecular weight is 2220 g/mol. The summed E-state index contributed by atoms with van der Waals surface area (Å²) in [6.07, 6.45) is -18.9. The summed E-state index contributed by atoms with van der Waals surface area (Å²) in [5.41, 5.74) is 7.11. The van der Waals surface area contributed by atoms with Crippen LogP contribution in [-0.4, -0.2) is 354 Å². The number of nitrogens with two attached hydrogens (primary N) is 1. The number of rotatable bonds is 49. The zero-order chi connectivity index (χ0) is 106. The first kappa shape index (κ1) is 120. The summed E-state index contributed by atoms with van der Waals surface area (Å²) in [5.74, 6) is 3.00. The number of alkyl carbamates (subject to hydrolysis) is 2. The molecule has 0 radical (unpaired) electrons. The largest absolute Gasteiger partial charge is 0.492 e. The van der Waals surface area contributed by atoms with E-state index in [0.29, 0.717) is 22.9 Å². The number of nitrogens with one attached hydrogen (secondary N) is 8. The van der Waals surface area contributed by atoms with Gasteiger partial charge in [0.2, 0.25) is 52.6 Å². The van der Waals surface area contributed by atoms with Crippen LogP contribution in [0.3, 0.4) is 0 Å². The van der Waals surface area contributed by atoms with E-state index >= 15 is 0 Å². The van der Waals surface area contributed by atoms with E-state index in [0.717, 1.165) is 7.11 Å². The molecule has 2 aromatic carbocycles. The molecule has 6 aliphatic rings. The van der Waals surface area contributed by atoms with Crippen molar-refractivity contribution in [3.8, 4) is 40.9 Å². The number of ether oxygens (including phenoxy) is 12. The minimum Gasteiger partial charge on any atom is -0.492 e. The van der Waals surface area contributed by atoms with Crippen LogP contribution < -0.4 is 62.6 Å². The number of amides is 10. The monoisotopic (exact) mass is 2220 g/mol. The van der Waals surface area contributed by atoms with E-state index in [2.05, 4.69) is 66.4 Å². The van der Waals surface area contributed by atoms with E-state index in [1.807, 2.05) is 22.6 Å². The van der Waals surface area contributed by atoms with Crippen LogP contribution in [0.1, 0.15) is 154 Å². The summed E-state index contributed by atoms with van der Waals surface area (Å²) in [6.45, 7) is 13.9. The normalized spacial score (nSPS) is 25.7. The molecule has 10 amide bonds. The van der Waals surface area contributed by atoms with Gasteiger partial charge in [0.15, 0.2) is 36.2 Å². The molecule has 5 fully saturated rings. The molecule has 4 saturated heterocycles. The smallest absolute Gasteiger partial charge is 0.407 e. The van der Waals surface area contributed by atoms with E-state index in [1.54, 1.807) is 61.5 Å². The second-order valence-electron chi connectivity index (χ2n) is 35.9. The fourth-order valence-corrected chi connectivity index (χ4v) is 21.5. The lowest BCUT2D eigenvalue weighted by Crippen LogP contribution is -2.66. The molecule has 22 atom stereocenters. The maximum absolute atomic E-state index is 14.8. The molecule has 46 nitrogen and oxygen atoms in total. The summed E-state index contributed by atoms with van der Waals surface area (Å²) in [4.78, 5) is 170. The standard InChI is InChI=1S/C93H134IN11O35S4/c1-15-58(106)77(129-11)76(114)86(119)139-79-71(94)49(5)69(78(130-12)81(79)131-13)87(120)142-82-51(7)135-68(41-59(82)107)140-103-73-50(6)136-88(137-61-24-20-18-17-19-21-34-93(124)43-60(108)74(102-91(123)132-14)70(61)55(93)33-39-141-143-92(8,9)44-64(110)96-36-40-144(125,126)127)80(75(73)113)138-67-42-62(128-10)57(47-133-67)105(16-2)66(112)45-98-90(122)134-46-52-25-27-54(28-26-52)99-83(115)56(23-22-35-97-89(95)121)100-84(116)72(48(3)4)101-63(109)29-30-65(111)104-37-31-53(32-38-104)85(117)118/h17-18,25-28,33,48,50-51,53,56-59,61-62,67-68,70,72-77,80,82,86,88,103,106-107,113-114,119,124H,15-16,22-23,29-32,34-47H2,1-14H3,(H,96,110)(H,98,122)(H,99,115)(H,100,116)(H,101,109)(H,102,123)(H,117,118)(H3,95,97,121)(H,125,126,127)/b18-17-,55-33+/t50?,51?,56-,57?,58?,59?,61-,62?,67?,68?,70?,72-,73?,74?,75?,76?,77?,80?,82?,86?,88?,93-/m0/s1.